The van der Waals surface area contributed by atoms with Gasteiger partial charge in [0, 0.05) is 18.3 Å². The van der Waals surface area contributed by atoms with Crippen molar-refractivity contribution < 1.29 is 14.3 Å². The summed E-state index contributed by atoms with van der Waals surface area (Å²) in [5.41, 5.74) is 2.00. The van der Waals surface area contributed by atoms with Crippen molar-refractivity contribution in [1.29, 1.82) is 0 Å². The third-order valence-electron chi connectivity index (χ3n) is 4.38. The Kier molecular flexibility index (Phi) is 4.71. The Morgan fingerprint density at radius 1 is 1.21 bits per heavy atom. The lowest BCUT2D eigenvalue weighted by atomic mass is 10.2. The molecule has 1 amide bonds. The second kappa shape index (κ2) is 7.47. The Morgan fingerprint density at radius 2 is 2.07 bits per heavy atom. The van der Waals surface area contributed by atoms with Gasteiger partial charge in [-0.1, -0.05) is 18.2 Å². The van der Waals surface area contributed by atoms with Crippen LogP contribution in [0.3, 0.4) is 0 Å². The van der Waals surface area contributed by atoms with Crippen molar-refractivity contribution in [2.24, 2.45) is 0 Å². The van der Waals surface area contributed by atoms with E-state index in [9.17, 15) is 9.59 Å². The Labute approximate surface area is 159 Å². The largest absolute Gasteiger partial charge is 0.452 e. The second-order valence-electron chi connectivity index (χ2n) is 6.26. The van der Waals surface area contributed by atoms with Crippen molar-refractivity contribution in [2.45, 2.75) is 26.0 Å². The van der Waals surface area contributed by atoms with Gasteiger partial charge in [0.1, 0.15) is 11.8 Å². The van der Waals surface area contributed by atoms with Gasteiger partial charge in [0.25, 0.3) is 5.91 Å². The fourth-order valence-corrected chi connectivity index (χ4v) is 2.94. The molecule has 1 unspecified atom stereocenters. The molecule has 0 radical (unpaired) electrons. The van der Waals surface area contributed by atoms with E-state index in [4.69, 9.17) is 4.74 Å². The van der Waals surface area contributed by atoms with Crippen LogP contribution in [0.2, 0.25) is 0 Å². The average Bonchev–Trinajstić information content (AvgIpc) is 3.34. The number of aryl methyl sites for hydroxylation is 1. The van der Waals surface area contributed by atoms with E-state index in [2.05, 4.69) is 25.3 Å². The molecule has 0 bridgehead atoms. The summed E-state index contributed by atoms with van der Waals surface area (Å²) < 4.78 is 7.24. The van der Waals surface area contributed by atoms with Crippen LogP contribution in [0.5, 0.6) is 0 Å². The number of anilines is 1. The number of fused-ring (bicyclic) bond motifs is 2. The average molecular weight is 378 g/mol. The van der Waals surface area contributed by atoms with Crippen LogP contribution < -0.4 is 5.32 Å². The maximum absolute atomic E-state index is 12.3. The molecule has 4 rings (SSSR count). The van der Waals surface area contributed by atoms with Crippen molar-refractivity contribution in [3.05, 3.63) is 49.2 Å². The van der Waals surface area contributed by atoms with Crippen molar-refractivity contribution in [1.82, 2.24) is 24.5 Å². The van der Waals surface area contributed by atoms with Gasteiger partial charge in [-0.3, -0.25) is 9.59 Å². The lowest BCUT2D eigenvalue weighted by Crippen LogP contribution is -2.30. The van der Waals surface area contributed by atoms with Crippen LogP contribution in [-0.2, 0) is 20.9 Å². The summed E-state index contributed by atoms with van der Waals surface area (Å²) in [5.74, 6) is -0.640. The van der Waals surface area contributed by atoms with Gasteiger partial charge < -0.3 is 19.6 Å². The topological polar surface area (TPSA) is 115 Å². The fourth-order valence-electron chi connectivity index (χ4n) is 2.94. The molecule has 142 valence electrons. The normalized spacial score (nSPS) is 12.2. The lowest BCUT2D eigenvalue weighted by molar-refractivity contribution is -0.153. The highest BCUT2D eigenvalue weighted by Gasteiger charge is 2.20. The Bertz CT molecular complexity index is 1150. The molecule has 3 aromatic heterocycles. The lowest BCUT2D eigenvalue weighted by Gasteiger charge is -2.13. The van der Waals surface area contributed by atoms with Gasteiger partial charge in [0.15, 0.2) is 17.6 Å². The van der Waals surface area contributed by atoms with Crippen molar-refractivity contribution in [2.75, 3.05) is 5.32 Å². The van der Waals surface area contributed by atoms with Gasteiger partial charge in [-0.15, -0.1) is 0 Å². The van der Waals surface area contributed by atoms with E-state index in [1.54, 1.807) is 0 Å². The highest BCUT2D eigenvalue weighted by Crippen LogP contribution is 2.16. The molecule has 0 aliphatic carbocycles. The summed E-state index contributed by atoms with van der Waals surface area (Å²) in [4.78, 5) is 39.4. The maximum Gasteiger partial charge on any atom is 0.308 e. The molecule has 2 N–H and O–H groups in total. The van der Waals surface area contributed by atoms with E-state index >= 15 is 0 Å². The van der Waals surface area contributed by atoms with Crippen LogP contribution in [0.25, 0.3) is 22.1 Å². The van der Waals surface area contributed by atoms with Crippen LogP contribution in [0.15, 0.2) is 49.2 Å². The van der Waals surface area contributed by atoms with Crippen molar-refractivity contribution in [3.63, 3.8) is 0 Å². The SMILES string of the molecule is CC(OC(=O)CCn1ccc2ccccc21)C(=O)Nc1ncnc2nc[nH]c12. The molecule has 0 saturated heterocycles. The minimum Gasteiger partial charge on any atom is -0.452 e. The molecule has 1 atom stereocenters. The predicted molar refractivity (Wildman–Crippen MR) is 102 cm³/mol. The minimum absolute atomic E-state index is 0.161. The van der Waals surface area contributed by atoms with Gasteiger partial charge in [-0.25, -0.2) is 15.0 Å². The summed E-state index contributed by atoms with van der Waals surface area (Å²) in [6, 6.07) is 9.92. The van der Waals surface area contributed by atoms with Crippen LogP contribution in [0, 0.1) is 0 Å². The summed E-state index contributed by atoms with van der Waals surface area (Å²) >= 11 is 0. The first-order valence-corrected chi connectivity index (χ1v) is 8.80. The molecular weight excluding hydrogens is 360 g/mol. The van der Waals surface area contributed by atoms with E-state index in [1.807, 2.05) is 41.1 Å². The number of aromatic nitrogens is 5. The molecule has 0 saturated carbocycles. The molecular formula is C19H18N6O3. The number of imidazole rings is 1. The Morgan fingerprint density at radius 3 is 2.96 bits per heavy atom. The molecule has 9 heteroatoms. The zero-order valence-electron chi connectivity index (χ0n) is 15.1. The molecule has 28 heavy (non-hydrogen) atoms. The number of nitrogens with zero attached hydrogens (tertiary/aromatic N) is 4. The van der Waals surface area contributed by atoms with Crippen LogP contribution in [0.4, 0.5) is 5.82 Å². The first kappa shape index (κ1) is 17.7. The van der Waals surface area contributed by atoms with Crippen LogP contribution >= 0.6 is 0 Å². The molecule has 0 fully saturated rings. The first-order valence-electron chi connectivity index (χ1n) is 8.80. The third-order valence-corrected chi connectivity index (χ3v) is 4.38. The van der Waals surface area contributed by atoms with Crippen LogP contribution in [0.1, 0.15) is 13.3 Å². The zero-order chi connectivity index (χ0) is 19.5. The van der Waals surface area contributed by atoms with Crippen LogP contribution in [-0.4, -0.2) is 42.5 Å². The van der Waals surface area contributed by atoms with E-state index < -0.39 is 18.0 Å². The number of benzene rings is 1. The smallest absolute Gasteiger partial charge is 0.308 e. The first-order chi connectivity index (χ1) is 13.6. The van der Waals surface area contributed by atoms with Crippen molar-refractivity contribution in [3.8, 4) is 0 Å². The number of aromatic amines is 1. The molecule has 4 aromatic rings. The van der Waals surface area contributed by atoms with Gasteiger partial charge in [-0.05, 0) is 24.4 Å². The van der Waals surface area contributed by atoms with Gasteiger partial charge >= 0.3 is 5.97 Å². The quantitative estimate of drug-likeness (QED) is 0.497. The highest BCUT2D eigenvalue weighted by atomic mass is 16.5. The number of amides is 1. The Balaban J connectivity index is 1.33. The Hall–Kier alpha value is -3.75. The number of hydrogen-bond donors (Lipinski definition) is 2. The molecule has 0 aliphatic heterocycles. The number of ether oxygens (including phenoxy) is 1. The standard InChI is InChI=1S/C19H18N6O3/c1-12(19(27)24-18-16-17(21-10-20-16)22-11-23-18)28-15(26)7-9-25-8-6-13-4-2-3-5-14(13)25/h2-6,8,10-12H,7,9H2,1H3,(H2,20,21,22,23,24,27). The van der Waals surface area contributed by atoms with E-state index in [0.717, 1.165) is 10.9 Å². The van der Waals surface area contributed by atoms with Gasteiger partial charge in [0.05, 0.1) is 12.7 Å². The molecule has 0 aliphatic rings. The summed E-state index contributed by atoms with van der Waals surface area (Å²) in [5, 5.41) is 3.74. The number of hydrogen-bond acceptors (Lipinski definition) is 6. The van der Waals surface area contributed by atoms with E-state index in [-0.39, 0.29) is 12.2 Å². The number of esters is 1. The fraction of sp³-hybridized carbons (Fsp3) is 0.211. The summed E-state index contributed by atoms with van der Waals surface area (Å²) in [6.07, 6.45) is 3.90. The zero-order valence-corrected chi connectivity index (χ0v) is 15.1. The number of para-hydroxylation sites is 1. The van der Waals surface area contributed by atoms with E-state index in [0.29, 0.717) is 17.7 Å². The predicted octanol–water partition coefficient (Wildman–Crippen LogP) is 2.27. The number of carbonyl (C=O) groups excluding carboxylic acids is 2. The number of carbonyl (C=O) groups is 2. The number of H-pyrrole nitrogens is 1. The van der Waals surface area contributed by atoms with Gasteiger partial charge in [0.2, 0.25) is 0 Å². The van der Waals surface area contributed by atoms with E-state index in [1.165, 1.54) is 19.6 Å². The summed E-state index contributed by atoms with van der Waals surface area (Å²) in [7, 11) is 0. The summed E-state index contributed by atoms with van der Waals surface area (Å²) in [6.45, 7) is 1.99. The van der Waals surface area contributed by atoms with Gasteiger partial charge in [-0.2, -0.15) is 0 Å². The number of nitrogens with one attached hydrogen (secondary N) is 2. The highest BCUT2D eigenvalue weighted by molar-refractivity contribution is 5.99. The molecule has 1 aromatic carbocycles. The minimum atomic E-state index is -0.957. The molecule has 0 spiro atoms. The molecule has 9 nitrogen and oxygen atoms in total. The molecule has 3 heterocycles. The van der Waals surface area contributed by atoms with Crippen molar-refractivity contribution >= 4 is 39.8 Å². The third kappa shape index (κ3) is 3.54. The number of rotatable bonds is 6. The second-order valence-corrected chi connectivity index (χ2v) is 6.26. The monoisotopic (exact) mass is 378 g/mol. The maximum atomic E-state index is 12.3.